The van der Waals surface area contributed by atoms with Gasteiger partial charge in [-0.3, -0.25) is 4.90 Å². The average molecular weight is 266 g/mol. The van der Waals surface area contributed by atoms with Crippen molar-refractivity contribution in [2.45, 2.75) is 51.7 Å². The van der Waals surface area contributed by atoms with Crippen molar-refractivity contribution in [3.8, 4) is 0 Å². The van der Waals surface area contributed by atoms with Crippen molar-refractivity contribution in [3.05, 3.63) is 23.7 Å². The normalized spacial score (nSPS) is 27.6. The lowest BCUT2D eigenvalue weighted by molar-refractivity contribution is 0.0785. The van der Waals surface area contributed by atoms with Crippen molar-refractivity contribution in [3.63, 3.8) is 0 Å². The predicted molar refractivity (Wildman–Crippen MR) is 75.8 cm³/mol. The number of aliphatic hydroxyl groups is 1. The minimum absolute atomic E-state index is 0.0323. The second kappa shape index (κ2) is 6.07. The summed E-state index contributed by atoms with van der Waals surface area (Å²) in [5.41, 5.74) is 6.32. The van der Waals surface area contributed by atoms with E-state index in [2.05, 4.69) is 18.7 Å². The van der Waals surface area contributed by atoms with Gasteiger partial charge in [0, 0.05) is 12.1 Å². The maximum Gasteiger partial charge on any atom is 0.122 e. The van der Waals surface area contributed by atoms with E-state index >= 15 is 0 Å². The van der Waals surface area contributed by atoms with Crippen molar-refractivity contribution in [1.82, 2.24) is 4.90 Å². The summed E-state index contributed by atoms with van der Waals surface area (Å²) >= 11 is 0. The summed E-state index contributed by atoms with van der Waals surface area (Å²) < 4.78 is 5.81. The van der Waals surface area contributed by atoms with E-state index in [1.54, 1.807) is 0 Å². The zero-order valence-corrected chi connectivity index (χ0v) is 12.2. The summed E-state index contributed by atoms with van der Waals surface area (Å²) in [6.45, 7) is 7.41. The summed E-state index contributed by atoms with van der Waals surface area (Å²) in [5.74, 6) is 2.35. The topological polar surface area (TPSA) is 62.6 Å². The van der Waals surface area contributed by atoms with Crippen LogP contribution in [-0.4, -0.2) is 35.2 Å². The fourth-order valence-corrected chi connectivity index (χ4v) is 3.12. The highest BCUT2D eigenvalue weighted by atomic mass is 16.3. The molecule has 1 fully saturated rings. The Hall–Kier alpha value is -0.840. The molecule has 2 heterocycles. The Balaban J connectivity index is 2.28. The molecule has 1 saturated heterocycles. The van der Waals surface area contributed by atoms with Gasteiger partial charge in [0.1, 0.15) is 11.5 Å². The first-order valence-electron chi connectivity index (χ1n) is 7.27. The first kappa shape index (κ1) is 14.6. The van der Waals surface area contributed by atoms with E-state index in [-0.39, 0.29) is 24.7 Å². The van der Waals surface area contributed by atoms with Gasteiger partial charge in [0.15, 0.2) is 0 Å². The Labute approximate surface area is 115 Å². The first-order chi connectivity index (χ1) is 9.08. The van der Waals surface area contributed by atoms with Crippen molar-refractivity contribution >= 4 is 0 Å². The van der Waals surface area contributed by atoms with Crippen LogP contribution in [0.15, 0.2) is 16.5 Å². The monoisotopic (exact) mass is 266 g/mol. The highest BCUT2D eigenvalue weighted by Crippen LogP contribution is 2.35. The van der Waals surface area contributed by atoms with Crippen LogP contribution in [0.1, 0.15) is 44.3 Å². The number of aliphatic hydroxyl groups excluding tert-OH is 1. The molecule has 0 spiro atoms. The molecule has 19 heavy (non-hydrogen) atoms. The molecule has 4 nitrogen and oxygen atoms in total. The molecule has 1 aromatic rings. The van der Waals surface area contributed by atoms with Crippen LogP contribution >= 0.6 is 0 Å². The van der Waals surface area contributed by atoms with Crippen LogP contribution in [0.4, 0.5) is 0 Å². The first-order valence-corrected chi connectivity index (χ1v) is 7.27. The van der Waals surface area contributed by atoms with Crippen molar-refractivity contribution in [1.29, 1.82) is 0 Å². The summed E-state index contributed by atoms with van der Waals surface area (Å²) in [6.07, 6.45) is 2.01. The van der Waals surface area contributed by atoms with Gasteiger partial charge in [-0.25, -0.2) is 0 Å². The third-order valence-electron chi connectivity index (χ3n) is 4.40. The molecule has 0 radical (unpaired) electrons. The average Bonchev–Trinajstić information content (AvgIpc) is 2.97. The van der Waals surface area contributed by atoms with Crippen LogP contribution in [0.3, 0.4) is 0 Å². The van der Waals surface area contributed by atoms with E-state index in [1.165, 1.54) is 0 Å². The van der Waals surface area contributed by atoms with Crippen molar-refractivity contribution in [2.75, 3.05) is 13.2 Å². The van der Waals surface area contributed by atoms with Crippen LogP contribution in [0.2, 0.25) is 0 Å². The molecule has 0 aliphatic carbocycles. The zero-order chi connectivity index (χ0) is 14.0. The van der Waals surface area contributed by atoms with E-state index in [0.717, 1.165) is 30.9 Å². The van der Waals surface area contributed by atoms with E-state index < -0.39 is 0 Å². The Kier molecular flexibility index (Phi) is 4.66. The number of rotatable bonds is 5. The van der Waals surface area contributed by atoms with Gasteiger partial charge in [0.2, 0.25) is 0 Å². The maximum atomic E-state index is 9.65. The third kappa shape index (κ3) is 2.86. The van der Waals surface area contributed by atoms with Crippen molar-refractivity contribution in [2.24, 2.45) is 11.7 Å². The molecule has 1 aromatic heterocycles. The van der Waals surface area contributed by atoms with E-state index in [9.17, 15) is 5.11 Å². The summed E-state index contributed by atoms with van der Waals surface area (Å²) in [7, 11) is 0. The van der Waals surface area contributed by atoms with Gasteiger partial charge < -0.3 is 15.3 Å². The molecule has 4 atom stereocenters. The second-order valence-corrected chi connectivity index (χ2v) is 5.72. The number of furan rings is 1. The van der Waals surface area contributed by atoms with Gasteiger partial charge in [-0.2, -0.15) is 0 Å². The van der Waals surface area contributed by atoms with Gasteiger partial charge >= 0.3 is 0 Å². The Morgan fingerprint density at radius 1 is 1.53 bits per heavy atom. The highest BCUT2D eigenvalue weighted by Gasteiger charge is 2.39. The highest BCUT2D eigenvalue weighted by molar-refractivity contribution is 5.13. The lowest BCUT2D eigenvalue weighted by Gasteiger charge is -2.35. The lowest BCUT2D eigenvalue weighted by atomic mass is 9.99. The minimum atomic E-state index is 0.0323. The van der Waals surface area contributed by atoms with Crippen LogP contribution < -0.4 is 5.73 Å². The van der Waals surface area contributed by atoms with Gasteiger partial charge in [0.05, 0.1) is 12.6 Å². The van der Waals surface area contributed by atoms with Gasteiger partial charge in [-0.1, -0.05) is 13.8 Å². The number of aryl methyl sites for hydroxylation is 1. The van der Waals surface area contributed by atoms with Gasteiger partial charge in [0.25, 0.3) is 0 Å². The summed E-state index contributed by atoms with van der Waals surface area (Å²) in [5, 5.41) is 9.65. The molecule has 0 aromatic carbocycles. The van der Waals surface area contributed by atoms with Gasteiger partial charge in [-0.15, -0.1) is 0 Å². The van der Waals surface area contributed by atoms with Crippen LogP contribution in [0.25, 0.3) is 0 Å². The largest absolute Gasteiger partial charge is 0.465 e. The van der Waals surface area contributed by atoms with Gasteiger partial charge in [-0.05, 0) is 44.4 Å². The number of likely N-dealkylation sites (tertiary alicyclic amines) is 1. The molecule has 1 aliphatic rings. The number of nitrogens with zero attached hydrogens (tertiary/aromatic N) is 1. The lowest BCUT2D eigenvalue weighted by Crippen LogP contribution is -2.45. The molecule has 2 rings (SSSR count). The summed E-state index contributed by atoms with van der Waals surface area (Å²) in [6, 6.07) is 4.30. The zero-order valence-electron chi connectivity index (χ0n) is 12.2. The smallest absolute Gasteiger partial charge is 0.122 e. The fraction of sp³-hybridized carbons (Fsp3) is 0.733. The molecular formula is C15H26N2O2. The molecule has 0 saturated carbocycles. The van der Waals surface area contributed by atoms with Crippen molar-refractivity contribution < 1.29 is 9.52 Å². The molecular weight excluding hydrogens is 240 g/mol. The standard InChI is InChI=1S/C15H26N2O2/c1-4-12(16)15(14-6-5-11(3)19-14)17-8-7-10(2)13(17)9-18/h5-6,10,12-13,15,18H,4,7-9,16H2,1-3H3. The van der Waals surface area contributed by atoms with E-state index in [1.807, 2.05) is 19.1 Å². The number of nitrogens with two attached hydrogens (primary N) is 1. The Bertz CT molecular complexity index is 405. The van der Waals surface area contributed by atoms with Crippen LogP contribution in [0, 0.1) is 12.8 Å². The predicted octanol–water partition coefficient (Wildman–Crippen LogP) is 2.07. The summed E-state index contributed by atoms with van der Waals surface area (Å²) in [4.78, 5) is 2.33. The van der Waals surface area contributed by atoms with E-state index in [4.69, 9.17) is 10.2 Å². The number of hydrogen-bond donors (Lipinski definition) is 2. The molecule has 108 valence electrons. The van der Waals surface area contributed by atoms with Crippen LogP contribution in [0.5, 0.6) is 0 Å². The number of hydrogen-bond acceptors (Lipinski definition) is 4. The second-order valence-electron chi connectivity index (χ2n) is 5.72. The molecule has 4 unspecified atom stereocenters. The van der Waals surface area contributed by atoms with Crippen LogP contribution in [-0.2, 0) is 0 Å². The molecule has 3 N–H and O–H groups in total. The maximum absolute atomic E-state index is 9.65. The molecule has 4 heteroatoms. The Morgan fingerprint density at radius 2 is 2.26 bits per heavy atom. The molecule has 0 bridgehead atoms. The fourth-order valence-electron chi connectivity index (χ4n) is 3.12. The Morgan fingerprint density at radius 3 is 2.79 bits per heavy atom. The molecule has 0 amide bonds. The quantitative estimate of drug-likeness (QED) is 0.856. The van der Waals surface area contributed by atoms with E-state index in [0.29, 0.717) is 5.92 Å². The third-order valence-corrected chi connectivity index (χ3v) is 4.40. The SMILES string of the molecule is CCC(N)C(c1ccc(C)o1)N1CCC(C)C1CO. The minimum Gasteiger partial charge on any atom is -0.465 e. The molecule has 1 aliphatic heterocycles.